The van der Waals surface area contributed by atoms with Gasteiger partial charge in [0.1, 0.15) is 0 Å². The van der Waals surface area contributed by atoms with Gasteiger partial charge in [-0.25, -0.2) is 13.6 Å². The molecule has 4 nitrogen and oxygen atoms in total. The van der Waals surface area contributed by atoms with Crippen molar-refractivity contribution in [1.29, 1.82) is 0 Å². The third-order valence-electron chi connectivity index (χ3n) is 3.20. The van der Waals surface area contributed by atoms with Crippen molar-refractivity contribution in [2.24, 2.45) is 10.1 Å². The van der Waals surface area contributed by atoms with Crippen LogP contribution in [0.25, 0.3) is 6.08 Å². The fourth-order valence-corrected chi connectivity index (χ4v) is 3.25. The Hall–Kier alpha value is -1.98. The van der Waals surface area contributed by atoms with Crippen LogP contribution in [0.3, 0.4) is 0 Å². The van der Waals surface area contributed by atoms with E-state index in [0.717, 1.165) is 5.22 Å². The quantitative estimate of drug-likeness (QED) is 0.850. The summed E-state index contributed by atoms with van der Waals surface area (Å²) in [5.41, 5.74) is 0.550. The van der Waals surface area contributed by atoms with Crippen molar-refractivity contribution in [3.05, 3.63) is 70.7 Å². The van der Waals surface area contributed by atoms with Gasteiger partial charge in [-0.1, -0.05) is 48.5 Å². The molecule has 0 bridgehead atoms. The van der Waals surface area contributed by atoms with Crippen molar-refractivity contribution < 1.29 is 8.42 Å². The molecule has 2 N–H and O–H groups in total. The Morgan fingerprint density at radius 1 is 0.947 bits per heavy atom. The maximum absolute atomic E-state index is 12.1. The van der Waals surface area contributed by atoms with Crippen molar-refractivity contribution in [3.63, 3.8) is 0 Å². The zero-order valence-corrected chi connectivity index (χ0v) is 10.8. The summed E-state index contributed by atoms with van der Waals surface area (Å²) < 4.78 is 24.2. The Morgan fingerprint density at radius 2 is 1.58 bits per heavy atom. The van der Waals surface area contributed by atoms with Gasteiger partial charge in [0.05, 0.1) is 5.36 Å². The Kier molecular flexibility index (Phi) is 2.55. The number of fused-ring (bicyclic) bond motifs is 1. The van der Waals surface area contributed by atoms with E-state index in [1.54, 1.807) is 36.4 Å². The summed E-state index contributed by atoms with van der Waals surface area (Å²) in [6.45, 7) is 0. The average Bonchev–Trinajstić information content (AvgIpc) is 2.80. The molecule has 0 amide bonds. The van der Waals surface area contributed by atoms with Crippen LogP contribution in [0.4, 0.5) is 0 Å². The van der Waals surface area contributed by atoms with Crippen molar-refractivity contribution in [2.45, 2.75) is 4.87 Å². The maximum atomic E-state index is 12.1. The molecule has 0 saturated carbocycles. The highest BCUT2D eigenvalue weighted by molar-refractivity contribution is 7.90. The summed E-state index contributed by atoms with van der Waals surface area (Å²) in [6.07, 6.45) is 1.60. The van der Waals surface area contributed by atoms with Gasteiger partial charge in [0, 0.05) is 5.56 Å². The first-order valence-electron chi connectivity index (χ1n) is 5.79. The number of rotatable bonds is 2. The van der Waals surface area contributed by atoms with E-state index in [9.17, 15) is 8.42 Å². The third kappa shape index (κ3) is 1.78. The zero-order valence-electron chi connectivity index (χ0n) is 10.0. The van der Waals surface area contributed by atoms with Crippen LogP contribution >= 0.6 is 0 Å². The molecule has 5 heteroatoms. The lowest BCUT2D eigenvalue weighted by Crippen LogP contribution is -2.36. The van der Waals surface area contributed by atoms with E-state index < -0.39 is 14.9 Å². The highest BCUT2D eigenvalue weighted by Gasteiger charge is 2.42. The van der Waals surface area contributed by atoms with Crippen LogP contribution in [0.5, 0.6) is 0 Å². The van der Waals surface area contributed by atoms with E-state index in [4.69, 9.17) is 5.14 Å². The van der Waals surface area contributed by atoms with Gasteiger partial charge < -0.3 is 0 Å². The molecule has 3 rings (SSSR count). The molecule has 1 aliphatic heterocycles. The minimum Gasteiger partial charge on any atom is -0.251 e. The molecule has 1 heterocycles. The predicted octanol–water partition coefficient (Wildman–Crippen LogP) is 0.242. The Balaban J connectivity index is 2.39. The molecule has 0 spiro atoms. The van der Waals surface area contributed by atoms with Crippen molar-refractivity contribution in [1.82, 2.24) is 0 Å². The number of benzene rings is 2. The molecule has 2 aromatic rings. The van der Waals surface area contributed by atoms with Crippen molar-refractivity contribution >= 4 is 16.1 Å². The first-order valence-corrected chi connectivity index (χ1v) is 7.33. The van der Waals surface area contributed by atoms with Gasteiger partial charge in [-0.15, -0.1) is 0 Å². The second kappa shape index (κ2) is 4.01. The molecule has 0 aromatic heterocycles. The number of nitrogens with two attached hydrogens (primary N) is 1. The summed E-state index contributed by atoms with van der Waals surface area (Å²) in [6, 6.07) is 16.1. The number of primary sulfonamides is 1. The zero-order chi connectivity index (χ0) is 13.5. The van der Waals surface area contributed by atoms with E-state index >= 15 is 0 Å². The number of hydrogen-bond acceptors (Lipinski definition) is 3. The highest BCUT2D eigenvalue weighted by Crippen LogP contribution is 2.32. The second-order valence-electron chi connectivity index (χ2n) is 4.42. The van der Waals surface area contributed by atoms with Gasteiger partial charge in [0.15, 0.2) is 0 Å². The first-order chi connectivity index (χ1) is 9.03. The minimum atomic E-state index is -3.91. The SMILES string of the molecule is NS(=O)(=O)C1(c2ccccc2)C=c2ccccc2=N1. The molecule has 96 valence electrons. The molecule has 19 heavy (non-hydrogen) atoms. The molecule has 1 unspecified atom stereocenters. The van der Waals surface area contributed by atoms with E-state index in [-0.39, 0.29) is 0 Å². The smallest absolute Gasteiger partial charge is 0.243 e. The van der Waals surface area contributed by atoms with Gasteiger partial charge in [0.25, 0.3) is 0 Å². The third-order valence-corrected chi connectivity index (χ3v) is 4.51. The molecule has 2 aromatic carbocycles. The summed E-state index contributed by atoms with van der Waals surface area (Å²) >= 11 is 0. The van der Waals surface area contributed by atoms with E-state index in [1.165, 1.54) is 0 Å². The van der Waals surface area contributed by atoms with Gasteiger partial charge in [-0.3, -0.25) is 4.99 Å². The molecule has 0 fully saturated rings. The van der Waals surface area contributed by atoms with Crippen LogP contribution in [0.1, 0.15) is 5.56 Å². The topological polar surface area (TPSA) is 72.5 Å². The van der Waals surface area contributed by atoms with Crippen LogP contribution in [0.15, 0.2) is 59.6 Å². The van der Waals surface area contributed by atoms with Gasteiger partial charge in [0.2, 0.25) is 14.9 Å². The molecular weight excluding hydrogens is 260 g/mol. The summed E-state index contributed by atoms with van der Waals surface area (Å²) in [5.74, 6) is 0. The van der Waals surface area contributed by atoms with E-state index in [1.807, 2.05) is 24.3 Å². The molecule has 1 aliphatic rings. The number of hydrogen-bond donors (Lipinski definition) is 1. The van der Waals surface area contributed by atoms with E-state index in [0.29, 0.717) is 10.9 Å². The minimum absolute atomic E-state index is 0.550. The molecular formula is C14H12N2O2S. The standard InChI is InChI=1S/C14H12N2O2S/c15-19(17,18)14(12-7-2-1-3-8-12)10-11-6-4-5-9-13(11)16-14/h1-10H,(H2,15,17,18). The molecule has 1 atom stereocenters. The average molecular weight is 272 g/mol. The van der Waals surface area contributed by atoms with Gasteiger partial charge in [-0.05, 0) is 17.4 Å². The second-order valence-corrected chi connectivity index (χ2v) is 6.13. The summed E-state index contributed by atoms with van der Waals surface area (Å²) in [7, 11) is -3.91. The molecule has 0 radical (unpaired) electrons. The van der Waals surface area contributed by atoms with Gasteiger partial charge in [-0.2, -0.15) is 0 Å². The number of para-hydroxylation sites is 1. The monoisotopic (exact) mass is 272 g/mol. The predicted molar refractivity (Wildman–Crippen MR) is 72.9 cm³/mol. The molecule has 0 aliphatic carbocycles. The summed E-state index contributed by atoms with van der Waals surface area (Å²) in [4.78, 5) is 2.84. The van der Waals surface area contributed by atoms with E-state index in [2.05, 4.69) is 4.99 Å². The van der Waals surface area contributed by atoms with Crippen molar-refractivity contribution in [2.75, 3.05) is 0 Å². The number of sulfonamides is 1. The Morgan fingerprint density at radius 3 is 2.21 bits per heavy atom. The van der Waals surface area contributed by atoms with Crippen LogP contribution < -0.4 is 15.7 Å². The Labute approximate surface area is 111 Å². The first kappa shape index (κ1) is 12.1. The Bertz CT molecular complexity index is 808. The lowest BCUT2D eigenvalue weighted by Gasteiger charge is -2.22. The summed E-state index contributed by atoms with van der Waals surface area (Å²) in [5, 5.41) is 6.85. The van der Waals surface area contributed by atoms with Gasteiger partial charge >= 0.3 is 0 Å². The van der Waals surface area contributed by atoms with Crippen molar-refractivity contribution in [3.8, 4) is 0 Å². The highest BCUT2D eigenvalue weighted by atomic mass is 32.2. The fraction of sp³-hybridized carbons (Fsp3) is 0.0714. The maximum Gasteiger partial charge on any atom is 0.243 e. The largest absolute Gasteiger partial charge is 0.251 e. The fourth-order valence-electron chi connectivity index (χ4n) is 2.27. The normalized spacial score (nSPS) is 21.3. The van der Waals surface area contributed by atoms with Crippen LogP contribution in [-0.4, -0.2) is 8.42 Å². The number of nitrogens with zero attached hydrogens (tertiary/aromatic N) is 1. The lowest BCUT2D eigenvalue weighted by molar-refractivity contribution is 0.571. The van der Waals surface area contributed by atoms with Crippen LogP contribution in [0.2, 0.25) is 0 Å². The lowest BCUT2D eigenvalue weighted by atomic mass is 10.1. The van der Waals surface area contributed by atoms with Crippen LogP contribution in [0, 0.1) is 0 Å². The van der Waals surface area contributed by atoms with Crippen LogP contribution in [-0.2, 0) is 14.9 Å². The molecule has 0 saturated heterocycles.